The highest BCUT2D eigenvalue weighted by Gasteiger charge is 2.29. The molecular formula is C17H29NO3S. The Morgan fingerprint density at radius 2 is 1.59 bits per heavy atom. The Hall–Kier alpha value is -0.910. The predicted octanol–water partition coefficient (Wildman–Crippen LogP) is 2.43. The molecule has 0 spiro atoms. The molecule has 1 aromatic carbocycles. The van der Waals surface area contributed by atoms with Crippen molar-refractivity contribution in [2.24, 2.45) is 0 Å². The number of benzene rings is 1. The first-order chi connectivity index (χ1) is 9.84. The van der Waals surface area contributed by atoms with Crippen molar-refractivity contribution in [3.05, 3.63) is 35.4 Å². The van der Waals surface area contributed by atoms with E-state index in [1.807, 2.05) is 24.3 Å². The molecule has 0 aromatic heterocycles. The quantitative estimate of drug-likeness (QED) is 0.842. The van der Waals surface area contributed by atoms with Gasteiger partial charge in [0, 0.05) is 19.3 Å². The first kappa shape index (κ1) is 19.1. The van der Waals surface area contributed by atoms with Gasteiger partial charge in [0.25, 0.3) is 0 Å². The Morgan fingerprint density at radius 1 is 1.09 bits per heavy atom. The van der Waals surface area contributed by atoms with Gasteiger partial charge >= 0.3 is 0 Å². The maximum atomic E-state index is 11.6. The second-order valence-corrected chi connectivity index (χ2v) is 10.2. The van der Waals surface area contributed by atoms with Crippen LogP contribution in [-0.2, 0) is 15.3 Å². The summed E-state index contributed by atoms with van der Waals surface area (Å²) < 4.78 is 22.4. The number of hydrogen-bond donors (Lipinski definition) is 2. The Labute approximate surface area is 134 Å². The fourth-order valence-electron chi connectivity index (χ4n) is 1.96. The fourth-order valence-corrected chi connectivity index (χ4v) is 2.33. The smallest absolute Gasteiger partial charge is 0.153 e. The number of sulfone groups is 1. The Morgan fingerprint density at radius 3 is 2.00 bits per heavy atom. The van der Waals surface area contributed by atoms with Crippen molar-refractivity contribution >= 4 is 9.84 Å². The summed E-state index contributed by atoms with van der Waals surface area (Å²) in [5, 5.41) is 13.2. The molecule has 0 heterocycles. The normalized spacial score (nSPS) is 14.9. The molecule has 4 nitrogen and oxygen atoms in total. The maximum Gasteiger partial charge on any atom is 0.153 e. The molecule has 0 saturated heterocycles. The lowest BCUT2D eigenvalue weighted by Crippen LogP contribution is -2.42. The van der Waals surface area contributed by atoms with Crippen LogP contribution >= 0.6 is 0 Å². The lowest BCUT2D eigenvalue weighted by molar-refractivity contribution is 0.174. The fraction of sp³-hybridized carbons (Fsp3) is 0.647. The zero-order chi connectivity index (χ0) is 17.2. The van der Waals surface area contributed by atoms with E-state index in [4.69, 9.17) is 0 Å². The average Bonchev–Trinajstić information content (AvgIpc) is 2.36. The van der Waals surface area contributed by atoms with Crippen LogP contribution in [0, 0.1) is 0 Å². The maximum absolute atomic E-state index is 11.6. The third-order valence-corrected chi connectivity index (χ3v) is 6.21. The van der Waals surface area contributed by atoms with Crippen LogP contribution in [0.25, 0.3) is 0 Å². The first-order valence-corrected chi connectivity index (χ1v) is 9.42. The predicted molar refractivity (Wildman–Crippen MR) is 91.9 cm³/mol. The number of nitrogens with one attached hydrogen (secondary N) is 1. The lowest BCUT2D eigenvalue weighted by Gasteiger charge is -2.24. The van der Waals surface area contributed by atoms with E-state index in [1.54, 1.807) is 13.8 Å². The molecule has 0 aliphatic carbocycles. The van der Waals surface area contributed by atoms with E-state index in [2.05, 4.69) is 26.1 Å². The highest BCUT2D eigenvalue weighted by Crippen LogP contribution is 2.24. The van der Waals surface area contributed by atoms with Gasteiger partial charge in [0.15, 0.2) is 9.84 Å². The third kappa shape index (κ3) is 5.07. The van der Waals surface area contributed by atoms with Gasteiger partial charge in [0.1, 0.15) is 0 Å². The van der Waals surface area contributed by atoms with E-state index in [9.17, 15) is 13.5 Å². The number of aliphatic hydroxyl groups excluding tert-OH is 1. The van der Waals surface area contributed by atoms with Crippen LogP contribution < -0.4 is 5.32 Å². The summed E-state index contributed by atoms with van der Waals surface area (Å²) in [5.41, 5.74) is 2.13. The molecule has 22 heavy (non-hydrogen) atoms. The zero-order valence-corrected chi connectivity index (χ0v) is 15.3. The van der Waals surface area contributed by atoms with E-state index in [1.165, 1.54) is 11.8 Å². The second kappa shape index (κ2) is 6.69. The summed E-state index contributed by atoms with van der Waals surface area (Å²) >= 11 is 0. The van der Waals surface area contributed by atoms with Crippen molar-refractivity contribution in [3.63, 3.8) is 0 Å². The average molecular weight is 327 g/mol. The largest absolute Gasteiger partial charge is 0.387 e. The van der Waals surface area contributed by atoms with E-state index < -0.39 is 20.7 Å². The molecule has 126 valence electrons. The molecule has 1 unspecified atom stereocenters. The van der Waals surface area contributed by atoms with Gasteiger partial charge in [-0.15, -0.1) is 0 Å². The van der Waals surface area contributed by atoms with Crippen molar-refractivity contribution in [3.8, 4) is 0 Å². The minimum Gasteiger partial charge on any atom is -0.387 e. The van der Waals surface area contributed by atoms with Crippen LogP contribution in [0.15, 0.2) is 24.3 Å². The number of hydrogen-bond acceptors (Lipinski definition) is 4. The van der Waals surface area contributed by atoms with Crippen LogP contribution in [0.4, 0.5) is 0 Å². The summed E-state index contributed by atoms with van der Waals surface area (Å²) in [6.07, 6.45) is 0.584. The summed E-state index contributed by atoms with van der Waals surface area (Å²) in [6, 6.07) is 7.90. The third-order valence-electron chi connectivity index (χ3n) is 4.05. The van der Waals surface area contributed by atoms with E-state index in [-0.39, 0.29) is 5.41 Å². The molecule has 1 atom stereocenters. The molecule has 0 fully saturated rings. The lowest BCUT2D eigenvalue weighted by atomic mass is 9.86. The number of rotatable bonds is 6. The first-order valence-electron chi connectivity index (χ1n) is 7.53. The summed E-state index contributed by atoms with van der Waals surface area (Å²) in [5.74, 6) is 0. The van der Waals surface area contributed by atoms with Crippen LogP contribution in [-0.4, -0.2) is 37.6 Å². The van der Waals surface area contributed by atoms with E-state index in [0.29, 0.717) is 13.1 Å². The summed E-state index contributed by atoms with van der Waals surface area (Å²) in [6.45, 7) is 10.4. The Balaban J connectivity index is 2.62. The monoisotopic (exact) mass is 327 g/mol. The molecule has 0 radical (unpaired) electrons. The molecule has 2 N–H and O–H groups in total. The second-order valence-electron chi connectivity index (χ2n) is 7.55. The van der Waals surface area contributed by atoms with Gasteiger partial charge in [-0.1, -0.05) is 45.0 Å². The minimum absolute atomic E-state index is 0.0846. The molecule has 0 amide bonds. The van der Waals surface area contributed by atoms with Crippen molar-refractivity contribution in [2.75, 3.05) is 19.3 Å². The minimum atomic E-state index is -3.13. The van der Waals surface area contributed by atoms with Crippen molar-refractivity contribution in [1.82, 2.24) is 5.32 Å². The van der Waals surface area contributed by atoms with Crippen LogP contribution in [0.2, 0.25) is 0 Å². The van der Waals surface area contributed by atoms with Crippen molar-refractivity contribution in [2.45, 2.75) is 50.9 Å². The van der Waals surface area contributed by atoms with Gasteiger partial charge in [-0.25, -0.2) is 8.42 Å². The molecule has 0 bridgehead atoms. The Bertz CT molecular complexity index is 583. The van der Waals surface area contributed by atoms with Crippen molar-refractivity contribution in [1.29, 1.82) is 0 Å². The molecule has 1 rings (SSSR count). The standard InChI is InChI=1S/C17H29NO3S/c1-16(2,3)14-9-7-13(8-10-14)15(19)11-18-12-17(4,5)22(6,20)21/h7-10,15,18-19H,11-12H2,1-6H3. The molecule has 1 aromatic rings. The van der Waals surface area contributed by atoms with Crippen LogP contribution in [0.1, 0.15) is 51.8 Å². The zero-order valence-electron chi connectivity index (χ0n) is 14.5. The SMILES string of the molecule is CC(C)(C)c1ccc(C(O)CNCC(C)(C)S(C)(=O)=O)cc1. The van der Waals surface area contributed by atoms with Gasteiger partial charge in [0.05, 0.1) is 10.9 Å². The summed E-state index contributed by atoms with van der Waals surface area (Å²) in [4.78, 5) is 0. The highest BCUT2D eigenvalue weighted by atomic mass is 32.2. The molecule has 5 heteroatoms. The van der Waals surface area contributed by atoms with Crippen LogP contribution in [0.5, 0.6) is 0 Å². The molecule has 0 aliphatic rings. The van der Waals surface area contributed by atoms with Gasteiger partial charge < -0.3 is 10.4 Å². The van der Waals surface area contributed by atoms with E-state index in [0.717, 1.165) is 5.56 Å². The Kier molecular flexibility index (Phi) is 5.82. The van der Waals surface area contributed by atoms with Gasteiger partial charge in [-0.05, 0) is 30.4 Å². The van der Waals surface area contributed by atoms with Gasteiger partial charge in [0.2, 0.25) is 0 Å². The topological polar surface area (TPSA) is 66.4 Å². The molecule has 0 aliphatic heterocycles. The molecular weight excluding hydrogens is 298 g/mol. The molecule has 0 saturated carbocycles. The number of aliphatic hydroxyl groups is 1. The highest BCUT2D eigenvalue weighted by molar-refractivity contribution is 7.92. The summed E-state index contributed by atoms with van der Waals surface area (Å²) in [7, 11) is -3.13. The van der Waals surface area contributed by atoms with Crippen LogP contribution in [0.3, 0.4) is 0 Å². The van der Waals surface area contributed by atoms with Gasteiger partial charge in [-0.2, -0.15) is 0 Å². The van der Waals surface area contributed by atoms with Gasteiger partial charge in [-0.3, -0.25) is 0 Å². The van der Waals surface area contributed by atoms with Crippen molar-refractivity contribution < 1.29 is 13.5 Å². The van der Waals surface area contributed by atoms with E-state index >= 15 is 0 Å².